The Morgan fingerprint density at radius 1 is 1.37 bits per heavy atom. The first-order valence-electron chi connectivity index (χ1n) is 6.64. The summed E-state index contributed by atoms with van der Waals surface area (Å²) in [6.07, 6.45) is 1.76. The number of rotatable bonds is 3. The molecule has 0 bridgehead atoms. The molecule has 5 nitrogen and oxygen atoms in total. The number of H-pyrrole nitrogens is 1. The third kappa shape index (κ3) is 3.16. The molecule has 2 N–H and O–H groups in total. The molecule has 0 radical (unpaired) electrons. The number of nitrogens with one attached hydrogen (secondary N) is 1. The van der Waals surface area contributed by atoms with Gasteiger partial charge in [0.1, 0.15) is 5.69 Å². The van der Waals surface area contributed by atoms with Gasteiger partial charge in [-0.3, -0.25) is 9.59 Å². The molecule has 5 heteroatoms. The summed E-state index contributed by atoms with van der Waals surface area (Å²) < 4.78 is 0. The van der Waals surface area contributed by atoms with Gasteiger partial charge in [-0.15, -0.1) is 0 Å². The molecule has 0 aromatic carbocycles. The van der Waals surface area contributed by atoms with Gasteiger partial charge >= 0.3 is 5.97 Å². The van der Waals surface area contributed by atoms with Gasteiger partial charge in [-0.2, -0.15) is 0 Å². The summed E-state index contributed by atoms with van der Waals surface area (Å²) in [4.78, 5) is 27.9. The lowest BCUT2D eigenvalue weighted by molar-refractivity contribution is -0.138. The van der Waals surface area contributed by atoms with Crippen LogP contribution in [-0.4, -0.2) is 40.0 Å². The van der Waals surface area contributed by atoms with Gasteiger partial charge in [0.25, 0.3) is 5.91 Å². The number of likely N-dealkylation sites (tertiary alicyclic amines) is 1. The molecular formula is C14H20N2O3. The zero-order valence-electron chi connectivity index (χ0n) is 11.4. The molecule has 1 amide bonds. The number of aromatic amines is 1. The van der Waals surface area contributed by atoms with Crippen LogP contribution in [0.15, 0.2) is 6.07 Å². The highest BCUT2D eigenvalue weighted by molar-refractivity contribution is 5.94. The molecule has 19 heavy (non-hydrogen) atoms. The van der Waals surface area contributed by atoms with E-state index in [1.165, 1.54) is 0 Å². The van der Waals surface area contributed by atoms with Crippen molar-refractivity contribution in [1.29, 1.82) is 0 Å². The lowest BCUT2D eigenvalue weighted by Gasteiger charge is -2.31. The smallest absolute Gasteiger partial charge is 0.303 e. The van der Waals surface area contributed by atoms with Gasteiger partial charge in [-0.05, 0) is 44.2 Å². The van der Waals surface area contributed by atoms with Gasteiger partial charge in [0.05, 0.1) is 0 Å². The molecule has 1 fully saturated rings. The monoisotopic (exact) mass is 264 g/mol. The van der Waals surface area contributed by atoms with Gasteiger partial charge in [0.15, 0.2) is 0 Å². The average molecular weight is 264 g/mol. The predicted molar refractivity (Wildman–Crippen MR) is 71.1 cm³/mol. The molecule has 2 heterocycles. The summed E-state index contributed by atoms with van der Waals surface area (Å²) in [6.45, 7) is 5.15. The lowest BCUT2D eigenvalue weighted by Crippen LogP contribution is -2.39. The highest BCUT2D eigenvalue weighted by Crippen LogP contribution is 2.22. The molecule has 1 saturated heterocycles. The largest absolute Gasteiger partial charge is 0.481 e. The summed E-state index contributed by atoms with van der Waals surface area (Å²) in [6, 6.07) is 1.96. The SMILES string of the molecule is Cc1cc(C)c(C(=O)N2CCC(CC(=O)O)CC2)[nH]1. The number of hydrogen-bond acceptors (Lipinski definition) is 2. The molecule has 0 spiro atoms. The van der Waals surface area contributed by atoms with E-state index in [-0.39, 0.29) is 18.2 Å². The second kappa shape index (κ2) is 5.47. The van der Waals surface area contributed by atoms with Crippen LogP contribution in [-0.2, 0) is 4.79 Å². The maximum Gasteiger partial charge on any atom is 0.303 e. The van der Waals surface area contributed by atoms with Crippen LogP contribution in [0.4, 0.5) is 0 Å². The summed E-state index contributed by atoms with van der Waals surface area (Å²) in [5.74, 6) is -0.520. The minimum atomic E-state index is -0.749. The van der Waals surface area contributed by atoms with Crippen molar-refractivity contribution in [1.82, 2.24) is 9.88 Å². The standard InChI is InChI=1S/C14H20N2O3/c1-9-7-10(2)15-13(9)14(19)16-5-3-11(4-6-16)8-12(17)18/h7,11,15H,3-6,8H2,1-2H3,(H,17,18). The number of hydrogen-bond donors (Lipinski definition) is 2. The minimum Gasteiger partial charge on any atom is -0.481 e. The van der Waals surface area contributed by atoms with E-state index < -0.39 is 5.97 Å². The molecule has 104 valence electrons. The Hall–Kier alpha value is -1.78. The van der Waals surface area contributed by atoms with E-state index in [1.54, 1.807) is 0 Å². The van der Waals surface area contributed by atoms with E-state index in [2.05, 4.69) is 4.98 Å². The molecule has 1 aliphatic heterocycles. The molecule has 2 rings (SSSR count). The van der Waals surface area contributed by atoms with Crippen LogP contribution in [0.1, 0.15) is 41.0 Å². The first-order chi connectivity index (χ1) is 8.97. The first-order valence-corrected chi connectivity index (χ1v) is 6.64. The van der Waals surface area contributed by atoms with Crippen LogP contribution in [0.2, 0.25) is 0 Å². The maximum absolute atomic E-state index is 12.3. The fraction of sp³-hybridized carbons (Fsp3) is 0.571. The number of piperidine rings is 1. The molecule has 1 aliphatic rings. The van der Waals surface area contributed by atoms with Crippen molar-refractivity contribution < 1.29 is 14.7 Å². The van der Waals surface area contributed by atoms with E-state index in [4.69, 9.17) is 5.11 Å². The molecular weight excluding hydrogens is 244 g/mol. The number of carboxylic acid groups (broad SMARTS) is 1. The van der Waals surface area contributed by atoms with E-state index in [0.29, 0.717) is 18.8 Å². The molecule has 0 unspecified atom stereocenters. The zero-order valence-corrected chi connectivity index (χ0v) is 11.4. The van der Waals surface area contributed by atoms with Crippen molar-refractivity contribution in [2.45, 2.75) is 33.1 Å². The fourth-order valence-corrected chi connectivity index (χ4v) is 2.70. The Morgan fingerprint density at radius 2 is 2.00 bits per heavy atom. The normalized spacial score (nSPS) is 16.6. The molecule has 1 aromatic heterocycles. The quantitative estimate of drug-likeness (QED) is 0.876. The number of carboxylic acids is 1. The molecule has 1 aromatic rings. The number of carbonyl (C=O) groups excluding carboxylic acids is 1. The Balaban J connectivity index is 1.96. The van der Waals surface area contributed by atoms with Crippen molar-refractivity contribution >= 4 is 11.9 Å². The van der Waals surface area contributed by atoms with Crippen molar-refractivity contribution in [2.75, 3.05) is 13.1 Å². The van der Waals surface area contributed by atoms with Crippen molar-refractivity contribution in [3.8, 4) is 0 Å². The number of aromatic nitrogens is 1. The number of nitrogens with zero attached hydrogens (tertiary/aromatic N) is 1. The van der Waals surface area contributed by atoms with Crippen LogP contribution in [0.5, 0.6) is 0 Å². The highest BCUT2D eigenvalue weighted by atomic mass is 16.4. The molecule has 0 aliphatic carbocycles. The van der Waals surface area contributed by atoms with Gasteiger partial charge in [0.2, 0.25) is 0 Å². The van der Waals surface area contributed by atoms with Gasteiger partial charge in [-0.25, -0.2) is 0 Å². The van der Waals surface area contributed by atoms with E-state index in [1.807, 2.05) is 24.8 Å². The van der Waals surface area contributed by atoms with E-state index >= 15 is 0 Å². The van der Waals surface area contributed by atoms with Crippen LogP contribution in [0, 0.1) is 19.8 Å². The second-order valence-corrected chi connectivity index (χ2v) is 5.34. The minimum absolute atomic E-state index is 0.0272. The number of amides is 1. The van der Waals surface area contributed by atoms with E-state index in [9.17, 15) is 9.59 Å². The third-order valence-corrected chi connectivity index (χ3v) is 3.73. The van der Waals surface area contributed by atoms with Gasteiger partial charge in [-0.1, -0.05) is 0 Å². The Bertz CT molecular complexity index is 485. The van der Waals surface area contributed by atoms with Gasteiger partial charge in [0, 0.05) is 25.2 Å². The summed E-state index contributed by atoms with van der Waals surface area (Å²) >= 11 is 0. The van der Waals surface area contributed by atoms with Crippen molar-refractivity contribution in [3.05, 3.63) is 23.0 Å². The lowest BCUT2D eigenvalue weighted by atomic mass is 9.93. The Morgan fingerprint density at radius 3 is 2.47 bits per heavy atom. The molecule has 0 saturated carbocycles. The Kier molecular flexibility index (Phi) is 3.93. The Labute approximate surface area is 112 Å². The van der Waals surface area contributed by atoms with Crippen LogP contribution >= 0.6 is 0 Å². The summed E-state index contributed by atoms with van der Waals surface area (Å²) in [7, 11) is 0. The van der Waals surface area contributed by atoms with Crippen LogP contribution in [0.3, 0.4) is 0 Å². The van der Waals surface area contributed by atoms with Crippen molar-refractivity contribution in [3.63, 3.8) is 0 Å². The number of aliphatic carboxylic acids is 1. The van der Waals surface area contributed by atoms with Crippen LogP contribution < -0.4 is 0 Å². The topological polar surface area (TPSA) is 73.4 Å². The number of carbonyl (C=O) groups is 2. The summed E-state index contributed by atoms with van der Waals surface area (Å²) in [5.41, 5.74) is 2.62. The van der Waals surface area contributed by atoms with E-state index in [0.717, 1.165) is 24.1 Å². The van der Waals surface area contributed by atoms with Gasteiger partial charge < -0.3 is 15.0 Å². The number of aryl methyl sites for hydroxylation is 2. The van der Waals surface area contributed by atoms with Crippen LogP contribution in [0.25, 0.3) is 0 Å². The maximum atomic E-state index is 12.3. The highest BCUT2D eigenvalue weighted by Gasteiger charge is 2.26. The third-order valence-electron chi connectivity index (χ3n) is 3.73. The second-order valence-electron chi connectivity index (χ2n) is 5.34. The summed E-state index contributed by atoms with van der Waals surface area (Å²) in [5, 5.41) is 8.77. The average Bonchev–Trinajstić information content (AvgIpc) is 2.68. The molecule has 0 atom stereocenters. The van der Waals surface area contributed by atoms with Crippen molar-refractivity contribution in [2.24, 2.45) is 5.92 Å². The first kappa shape index (κ1) is 13.6. The zero-order chi connectivity index (χ0) is 14.0. The fourth-order valence-electron chi connectivity index (χ4n) is 2.70. The predicted octanol–water partition coefficient (Wildman–Crippen LogP) is 1.96.